The van der Waals surface area contributed by atoms with Crippen LogP contribution in [0.3, 0.4) is 0 Å². The number of benzene rings is 1. The zero-order valence-electron chi connectivity index (χ0n) is 23.4. The van der Waals surface area contributed by atoms with E-state index in [1.54, 1.807) is 0 Å². The van der Waals surface area contributed by atoms with E-state index in [2.05, 4.69) is 57.3 Å². The molecule has 5 rings (SSSR count). The molecule has 0 spiro atoms. The summed E-state index contributed by atoms with van der Waals surface area (Å²) in [7, 11) is 3.80. The molecule has 3 unspecified atom stereocenters. The third kappa shape index (κ3) is 5.31. The number of hydrogen-bond acceptors (Lipinski definition) is 4. The van der Waals surface area contributed by atoms with Crippen molar-refractivity contribution in [2.24, 2.45) is 18.9 Å². The number of likely N-dealkylation sites (tertiary alicyclic amines) is 1. The average Bonchev–Trinajstić information content (AvgIpc) is 3.65. The van der Waals surface area contributed by atoms with Crippen LogP contribution in [0.4, 0.5) is 0 Å². The smallest absolute Gasteiger partial charge is 0.226 e. The highest BCUT2D eigenvalue weighted by molar-refractivity contribution is 5.96. The molecule has 2 fully saturated rings. The zero-order chi connectivity index (χ0) is 26.8. The van der Waals surface area contributed by atoms with E-state index >= 15 is 0 Å². The number of amides is 1. The second kappa shape index (κ2) is 11.4. The molecule has 2 aliphatic rings. The highest BCUT2D eigenvalue weighted by Gasteiger charge is 2.39. The van der Waals surface area contributed by atoms with Crippen LogP contribution < -0.4 is 5.32 Å². The first-order chi connectivity index (χ1) is 18.4. The quantitative estimate of drug-likeness (QED) is 0.428. The number of carbonyl (C=O) groups excluding carboxylic acids is 2. The SMILES string of the molecule is CNC(C)C(=O)CC(C(=O)N1CCCC1Cn1cc(-c2ccnn2C)c2cc(C)ccc21)C1CCCCC1. The van der Waals surface area contributed by atoms with Gasteiger partial charge in [0.15, 0.2) is 0 Å². The number of likely N-dealkylation sites (N-methyl/N-ethyl adjacent to an activating group) is 1. The maximum absolute atomic E-state index is 14.2. The first kappa shape index (κ1) is 26.7. The molecule has 1 saturated heterocycles. The summed E-state index contributed by atoms with van der Waals surface area (Å²) in [6.07, 6.45) is 12.1. The van der Waals surface area contributed by atoms with Crippen LogP contribution in [0.15, 0.2) is 36.7 Å². The highest BCUT2D eigenvalue weighted by atomic mass is 16.2. The standard InChI is InChI=1S/C31H43N5O2/c1-21-12-13-29-26(17-21)27(28-14-15-33-34(28)4)20-35(29)19-24-11-8-16-36(24)31(38)25(18-30(37)22(2)32-3)23-9-6-5-7-10-23/h12-15,17,20,22-25,32H,5-11,16,18-19H2,1-4H3. The van der Waals surface area contributed by atoms with E-state index in [9.17, 15) is 9.59 Å². The molecule has 7 heteroatoms. The van der Waals surface area contributed by atoms with Crippen molar-refractivity contribution in [1.29, 1.82) is 0 Å². The number of Topliss-reactive ketones (excluding diaryl/α,β-unsaturated/α-hetero) is 1. The van der Waals surface area contributed by atoms with E-state index in [0.717, 1.165) is 44.5 Å². The lowest BCUT2D eigenvalue weighted by Gasteiger charge is -2.35. The van der Waals surface area contributed by atoms with Crippen molar-refractivity contribution in [1.82, 2.24) is 24.6 Å². The predicted octanol–water partition coefficient (Wildman–Crippen LogP) is 5.10. The molecule has 1 aliphatic carbocycles. The molecule has 1 aliphatic heterocycles. The Kier molecular flexibility index (Phi) is 8.03. The third-order valence-corrected chi connectivity index (χ3v) is 9.07. The molecule has 204 valence electrons. The van der Waals surface area contributed by atoms with E-state index in [-0.39, 0.29) is 29.7 Å². The third-order valence-electron chi connectivity index (χ3n) is 9.07. The first-order valence-electron chi connectivity index (χ1n) is 14.5. The number of nitrogens with one attached hydrogen (secondary N) is 1. The summed E-state index contributed by atoms with van der Waals surface area (Å²) in [5.74, 6) is 0.473. The van der Waals surface area contributed by atoms with Crippen LogP contribution >= 0.6 is 0 Å². The van der Waals surface area contributed by atoms with Crippen molar-refractivity contribution in [2.75, 3.05) is 13.6 Å². The van der Waals surface area contributed by atoms with Gasteiger partial charge < -0.3 is 14.8 Å². The summed E-state index contributed by atoms with van der Waals surface area (Å²) in [6, 6.07) is 8.60. The van der Waals surface area contributed by atoms with Gasteiger partial charge in [-0.25, -0.2) is 0 Å². The molecular formula is C31H43N5O2. The zero-order valence-corrected chi connectivity index (χ0v) is 23.4. The summed E-state index contributed by atoms with van der Waals surface area (Å²) in [4.78, 5) is 29.3. The number of aryl methyl sites for hydroxylation is 2. The highest BCUT2D eigenvalue weighted by Crippen LogP contribution is 2.36. The molecule has 3 aromatic rings. The van der Waals surface area contributed by atoms with Gasteiger partial charge in [0.1, 0.15) is 5.78 Å². The molecule has 38 heavy (non-hydrogen) atoms. The van der Waals surface area contributed by atoms with Gasteiger partial charge in [0.05, 0.1) is 11.7 Å². The molecule has 1 amide bonds. The Balaban J connectivity index is 1.42. The number of fused-ring (bicyclic) bond motifs is 1. The van der Waals surface area contributed by atoms with Crippen LogP contribution in [0, 0.1) is 18.8 Å². The fourth-order valence-corrected chi connectivity index (χ4v) is 6.71. The van der Waals surface area contributed by atoms with Gasteiger partial charge in [-0.1, -0.05) is 30.9 Å². The van der Waals surface area contributed by atoms with Crippen molar-refractivity contribution in [2.45, 2.75) is 83.8 Å². The first-order valence-corrected chi connectivity index (χ1v) is 14.5. The Morgan fingerprint density at radius 2 is 1.89 bits per heavy atom. The summed E-state index contributed by atoms with van der Waals surface area (Å²) in [5, 5.41) is 8.69. The van der Waals surface area contributed by atoms with Gasteiger partial charge in [0.25, 0.3) is 0 Å². The number of aromatic nitrogens is 3. The van der Waals surface area contributed by atoms with E-state index < -0.39 is 0 Å². The summed E-state index contributed by atoms with van der Waals surface area (Å²) < 4.78 is 4.25. The minimum atomic E-state index is -0.219. The Bertz CT molecular complexity index is 1280. The second-order valence-electron chi connectivity index (χ2n) is 11.6. The molecule has 3 heterocycles. The fraction of sp³-hybridized carbons (Fsp3) is 0.581. The van der Waals surface area contributed by atoms with Crippen LogP contribution in [0.25, 0.3) is 22.2 Å². The van der Waals surface area contributed by atoms with Crippen molar-refractivity contribution in [3.05, 3.63) is 42.2 Å². The van der Waals surface area contributed by atoms with E-state index in [4.69, 9.17) is 0 Å². The normalized spacial score (nSPS) is 20.2. The number of carbonyl (C=O) groups is 2. The van der Waals surface area contributed by atoms with Crippen molar-refractivity contribution < 1.29 is 9.59 Å². The molecule has 3 atom stereocenters. The maximum atomic E-state index is 14.2. The van der Waals surface area contributed by atoms with Crippen molar-refractivity contribution >= 4 is 22.6 Å². The van der Waals surface area contributed by atoms with Crippen LogP contribution in [0.5, 0.6) is 0 Å². The molecule has 1 aromatic carbocycles. The Hall–Kier alpha value is -2.93. The lowest BCUT2D eigenvalue weighted by atomic mass is 9.76. The van der Waals surface area contributed by atoms with Gasteiger partial charge in [-0.3, -0.25) is 14.3 Å². The number of rotatable bonds is 9. The largest absolute Gasteiger partial charge is 0.345 e. The van der Waals surface area contributed by atoms with Crippen molar-refractivity contribution in [3.63, 3.8) is 0 Å². The molecule has 0 bridgehead atoms. The van der Waals surface area contributed by atoms with Crippen LogP contribution in [-0.2, 0) is 23.2 Å². The van der Waals surface area contributed by atoms with Gasteiger partial charge in [-0.15, -0.1) is 0 Å². The Morgan fingerprint density at radius 3 is 2.61 bits per heavy atom. The second-order valence-corrected chi connectivity index (χ2v) is 11.6. The molecule has 0 radical (unpaired) electrons. The van der Waals surface area contributed by atoms with Gasteiger partial charge in [0.2, 0.25) is 5.91 Å². The number of ketones is 1. The molecule has 7 nitrogen and oxygen atoms in total. The van der Waals surface area contributed by atoms with Gasteiger partial charge in [-0.05, 0) is 70.7 Å². The molecular weight excluding hydrogens is 474 g/mol. The lowest BCUT2D eigenvalue weighted by Crippen LogP contribution is -2.45. The van der Waals surface area contributed by atoms with Gasteiger partial charge in [0, 0.05) is 67.4 Å². The van der Waals surface area contributed by atoms with Crippen LogP contribution in [0.2, 0.25) is 0 Å². The van der Waals surface area contributed by atoms with Gasteiger partial charge in [-0.2, -0.15) is 5.10 Å². The van der Waals surface area contributed by atoms with E-state index in [0.29, 0.717) is 12.3 Å². The average molecular weight is 518 g/mol. The van der Waals surface area contributed by atoms with E-state index in [1.807, 2.05) is 31.9 Å². The predicted molar refractivity (Wildman–Crippen MR) is 152 cm³/mol. The molecule has 2 aromatic heterocycles. The maximum Gasteiger partial charge on any atom is 0.226 e. The van der Waals surface area contributed by atoms with E-state index in [1.165, 1.54) is 41.3 Å². The Labute approximate surface area is 226 Å². The lowest BCUT2D eigenvalue weighted by molar-refractivity contribution is -0.141. The van der Waals surface area contributed by atoms with Gasteiger partial charge >= 0.3 is 0 Å². The summed E-state index contributed by atoms with van der Waals surface area (Å²) >= 11 is 0. The topological polar surface area (TPSA) is 72.2 Å². The minimum absolute atomic E-state index is 0.140. The summed E-state index contributed by atoms with van der Waals surface area (Å²) in [5.41, 5.74) is 4.68. The number of hydrogen-bond donors (Lipinski definition) is 1. The minimum Gasteiger partial charge on any atom is -0.345 e. The summed E-state index contributed by atoms with van der Waals surface area (Å²) in [6.45, 7) is 5.59. The van der Waals surface area contributed by atoms with Crippen molar-refractivity contribution in [3.8, 4) is 11.3 Å². The van der Waals surface area contributed by atoms with Crippen LogP contribution in [-0.4, -0.2) is 56.6 Å². The fourth-order valence-electron chi connectivity index (χ4n) is 6.71. The monoisotopic (exact) mass is 517 g/mol. The van der Waals surface area contributed by atoms with Crippen LogP contribution in [0.1, 0.15) is 63.9 Å². The Morgan fingerprint density at radius 1 is 1.11 bits per heavy atom. The molecule has 1 saturated carbocycles. The number of nitrogens with zero attached hydrogens (tertiary/aromatic N) is 4. The molecule has 1 N–H and O–H groups in total.